The molecule has 0 aromatic carbocycles. The van der Waals surface area contributed by atoms with Gasteiger partial charge in [0, 0.05) is 5.54 Å². The molecule has 1 aliphatic carbocycles. The number of carboxylic acid groups (broad SMARTS) is 1. The smallest absolute Gasteiger partial charge is 0.305 e. The number of hydrogen-bond donors (Lipinski definition) is 2. The molecule has 0 radical (unpaired) electrons. The zero-order valence-electron chi connectivity index (χ0n) is 9.69. The summed E-state index contributed by atoms with van der Waals surface area (Å²) in [4.78, 5) is 10.8. The molecule has 1 saturated carbocycles. The first kappa shape index (κ1) is 13.4. The van der Waals surface area contributed by atoms with Crippen molar-refractivity contribution >= 4 is 16.0 Å². The van der Waals surface area contributed by atoms with E-state index in [-0.39, 0.29) is 6.42 Å². The third-order valence-electron chi connectivity index (χ3n) is 3.03. The zero-order valence-corrected chi connectivity index (χ0v) is 10.5. The second kappa shape index (κ2) is 4.71. The van der Waals surface area contributed by atoms with Gasteiger partial charge in [-0.3, -0.25) is 4.79 Å². The van der Waals surface area contributed by atoms with Crippen LogP contribution >= 0.6 is 0 Å². The highest BCUT2D eigenvalue weighted by Crippen LogP contribution is 2.33. The van der Waals surface area contributed by atoms with Crippen molar-refractivity contribution in [3.05, 3.63) is 0 Å². The van der Waals surface area contributed by atoms with E-state index in [1.807, 2.05) is 0 Å². The average molecular weight is 249 g/mol. The number of carboxylic acids is 1. The van der Waals surface area contributed by atoms with E-state index in [0.717, 1.165) is 12.8 Å². The number of sulfonamides is 1. The van der Waals surface area contributed by atoms with Crippen molar-refractivity contribution in [2.75, 3.05) is 0 Å². The molecule has 1 aliphatic rings. The van der Waals surface area contributed by atoms with Crippen molar-refractivity contribution in [2.24, 2.45) is 0 Å². The van der Waals surface area contributed by atoms with Gasteiger partial charge in [-0.05, 0) is 26.7 Å². The number of rotatable bonds is 5. The Hall–Kier alpha value is -0.620. The van der Waals surface area contributed by atoms with Gasteiger partial charge in [0.15, 0.2) is 0 Å². The van der Waals surface area contributed by atoms with Crippen LogP contribution < -0.4 is 4.72 Å². The van der Waals surface area contributed by atoms with Crippen molar-refractivity contribution < 1.29 is 18.3 Å². The monoisotopic (exact) mass is 249 g/mol. The van der Waals surface area contributed by atoms with Crippen LogP contribution in [0, 0.1) is 0 Å². The highest BCUT2D eigenvalue weighted by Gasteiger charge is 2.40. The van der Waals surface area contributed by atoms with E-state index in [2.05, 4.69) is 4.72 Å². The molecule has 5 nitrogen and oxygen atoms in total. The maximum absolute atomic E-state index is 11.8. The van der Waals surface area contributed by atoms with Crippen LogP contribution in [-0.4, -0.2) is 30.3 Å². The van der Waals surface area contributed by atoms with Crippen LogP contribution in [0.25, 0.3) is 0 Å². The molecule has 0 aromatic rings. The summed E-state index contributed by atoms with van der Waals surface area (Å²) in [5, 5.41) is 8.31. The molecule has 0 aliphatic heterocycles. The normalized spacial score (nSPS) is 20.2. The molecular weight excluding hydrogens is 230 g/mol. The van der Waals surface area contributed by atoms with Gasteiger partial charge in [0.2, 0.25) is 10.0 Å². The Morgan fingerprint density at radius 2 is 1.88 bits per heavy atom. The molecule has 0 aromatic heterocycles. The highest BCUT2D eigenvalue weighted by molar-refractivity contribution is 7.90. The first-order valence-corrected chi connectivity index (χ1v) is 7.07. The fraction of sp³-hybridized carbons (Fsp3) is 0.900. The molecule has 0 unspecified atom stereocenters. The molecular formula is C10H19NO4S. The van der Waals surface area contributed by atoms with Gasteiger partial charge in [0.25, 0.3) is 0 Å². The minimum absolute atomic E-state index is 0.126. The third-order valence-corrected chi connectivity index (χ3v) is 4.99. The molecule has 1 fully saturated rings. The Bertz CT molecular complexity index is 355. The fourth-order valence-corrected chi connectivity index (χ4v) is 3.19. The van der Waals surface area contributed by atoms with Crippen molar-refractivity contribution in [1.29, 1.82) is 0 Å². The lowest BCUT2D eigenvalue weighted by atomic mass is 9.95. The van der Waals surface area contributed by atoms with Crippen molar-refractivity contribution in [1.82, 2.24) is 4.72 Å². The molecule has 0 amide bonds. The van der Waals surface area contributed by atoms with Gasteiger partial charge in [-0.2, -0.15) is 0 Å². The molecule has 2 N–H and O–H groups in total. The van der Waals surface area contributed by atoms with E-state index >= 15 is 0 Å². The first-order chi connectivity index (χ1) is 7.27. The van der Waals surface area contributed by atoms with Crippen molar-refractivity contribution in [3.63, 3.8) is 0 Å². The maximum Gasteiger partial charge on any atom is 0.305 e. The van der Waals surface area contributed by atoms with Gasteiger partial charge in [0.1, 0.15) is 0 Å². The van der Waals surface area contributed by atoms with Crippen LogP contribution in [0.5, 0.6) is 0 Å². The van der Waals surface area contributed by atoms with Crippen molar-refractivity contribution in [3.8, 4) is 0 Å². The van der Waals surface area contributed by atoms with Gasteiger partial charge in [-0.1, -0.05) is 12.8 Å². The molecule has 16 heavy (non-hydrogen) atoms. The molecule has 0 heterocycles. The molecule has 94 valence electrons. The molecule has 0 atom stereocenters. The lowest BCUT2D eigenvalue weighted by Crippen LogP contribution is -2.49. The summed E-state index contributed by atoms with van der Waals surface area (Å²) in [7, 11) is -3.40. The van der Waals surface area contributed by atoms with Crippen LogP contribution in [0.1, 0.15) is 46.0 Å². The maximum atomic E-state index is 11.8. The second-order valence-corrected chi connectivity index (χ2v) is 6.99. The minimum Gasteiger partial charge on any atom is -0.481 e. The van der Waals surface area contributed by atoms with Crippen LogP contribution in [0.15, 0.2) is 0 Å². The van der Waals surface area contributed by atoms with Gasteiger partial charge < -0.3 is 5.11 Å². The van der Waals surface area contributed by atoms with Gasteiger partial charge in [-0.15, -0.1) is 0 Å². The Morgan fingerprint density at radius 3 is 2.25 bits per heavy atom. The Labute approximate surface area is 96.3 Å². The lowest BCUT2D eigenvalue weighted by molar-refractivity contribution is -0.138. The van der Waals surface area contributed by atoms with Crippen LogP contribution in [0.2, 0.25) is 0 Å². The van der Waals surface area contributed by atoms with Gasteiger partial charge >= 0.3 is 5.97 Å². The first-order valence-electron chi connectivity index (χ1n) is 5.52. The van der Waals surface area contributed by atoms with Crippen molar-refractivity contribution in [2.45, 2.75) is 56.7 Å². The summed E-state index contributed by atoms with van der Waals surface area (Å²) in [6, 6.07) is 0. The van der Waals surface area contributed by atoms with E-state index in [1.54, 1.807) is 13.8 Å². The standard InChI is InChI=1S/C10H19NO4S/c1-8(2)16(14,15)11-10(7-9(12)13)5-3-4-6-10/h8,11H,3-7H2,1-2H3,(H,12,13). The van der Waals surface area contributed by atoms with E-state index in [9.17, 15) is 13.2 Å². The number of hydrogen-bond acceptors (Lipinski definition) is 3. The number of aliphatic carboxylic acids is 1. The summed E-state index contributed by atoms with van der Waals surface area (Å²) in [5.74, 6) is -0.951. The second-order valence-electron chi connectivity index (χ2n) is 4.75. The van der Waals surface area contributed by atoms with E-state index in [1.165, 1.54) is 0 Å². The summed E-state index contributed by atoms with van der Waals surface area (Å²) in [5.41, 5.74) is -0.755. The quantitative estimate of drug-likeness (QED) is 0.764. The zero-order chi connectivity index (χ0) is 12.4. The van der Waals surface area contributed by atoms with Gasteiger partial charge in [0.05, 0.1) is 11.7 Å². The van der Waals surface area contributed by atoms with Gasteiger partial charge in [-0.25, -0.2) is 13.1 Å². The number of nitrogens with one attached hydrogen (secondary N) is 1. The predicted molar refractivity (Wildman–Crippen MR) is 60.6 cm³/mol. The van der Waals surface area contributed by atoms with Crippen LogP contribution in [0.3, 0.4) is 0 Å². The van der Waals surface area contributed by atoms with Crippen LogP contribution in [-0.2, 0) is 14.8 Å². The minimum atomic E-state index is -3.40. The number of carbonyl (C=O) groups is 1. The molecule has 0 saturated heterocycles. The van der Waals surface area contributed by atoms with Crippen LogP contribution in [0.4, 0.5) is 0 Å². The predicted octanol–water partition coefficient (Wildman–Crippen LogP) is 1.10. The summed E-state index contributed by atoms with van der Waals surface area (Å²) in [6.45, 7) is 3.18. The molecule has 0 bridgehead atoms. The summed E-state index contributed by atoms with van der Waals surface area (Å²) < 4.78 is 26.1. The fourth-order valence-electron chi connectivity index (χ4n) is 2.08. The highest BCUT2D eigenvalue weighted by atomic mass is 32.2. The molecule has 6 heteroatoms. The Morgan fingerprint density at radius 1 is 1.38 bits per heavy atom. The third kappa shape index (κ3) is 3.18. The largest absolute Gasteiger partial charge is 0.481 e. The van der Waals surface area contributed by atoms with E-state index in [4.69, 9.17) is 5.11 Å². The SMILES string of the molecule is CC(C)S(=O)(=O)NC1(CC(=O)O)CCCC1. The molecule has 0 spiro atoms. The lowest BCUT2D eigenvalue weighted by Gasteiger charge is -2.29. The Balaban J connectivity index is 2.84. The average Bonchev–Trinajstić information content (AvgIpc) is 2.50. The molecule has 1 rings (SSSR count). The summed E-state index contributed by atoms with van der Waals surface area (Å²) in [6.07, 6.45) is 2.87. The Kier molecular flexibility index (Phi) is 3.96. The topological polar surface area (TPSA) is 83.5 Å². The van der Waals surface area contributed by atoms with E-state index < -0.39 is 26.8 Å². The van der Waals surface area contributed by atoms with E-state index in [0.29, 0.717) is 12.8 Å². The summed E-state index contributed by atoms with van der Waals surface area (Å²) >= 11 is 0.